The van der Waals surface area contributed by atoms with E-state index in [1.54, 1.807) is 18.9 Å². The summed E-state index contributed by atoms with van der Waals surface area (Å²) in [5.74, 6) is 1.37. The number of methoxy groups -OCH3 is 1. The van der Waals surface area contributed by atoms with Crippen LogP contribution in [0.25, 0.3) is 0 Å². The van der Waals surface area contributed by atoms with E-state index in [-0.39, 0.29) is 5.91 Å². The fourth-order valence-corrected chi connectivity index (χ4v) is 3.00. The Kier molecular flexibility index (Phi) is 6.53. The van der Waals surface area contributed by atoms with Crippen LogP contribution in [0.1, 0.15) is 16.7 Å². The van der Waals surface area contributed by atoms with Crippen LogP contribution < -0.4 is 10.1 Å². The van der Waals surface area contributed by atoms with E-state index in [0.717, 1.165) is 22.6 Å². The maximum absolute atomic E-state index is 11.9. The zero-order valence-corrected chi connectivity index (χ0v) is 14.7. The third-order valence-corrected chi connectivity index (χ3v) is 4.56. The molecule has 0 bridgehead atoms. The molecular formula is C19H23NO2S. The van der Waals surface area contributed by atoms with Gasteiger partial charge >= 0.3 is 0 Å². The minimum atomic E-state index is 0.0576. The van der Waals surface area contributed by atoms with Gasteiger partial charge in [-0.1, -0.05) is 35.4 Å². The van der Waals surface area contributed by atoms with Crippen molar-refractivity contribution < 1.29 is 9.53 Å². The van der Waals surface area contributed by atoms with E-state index in [9.17, 15) is 4.79 Å². The van der Waals surface area contributed by atoms with Gasteiger partial charge in [0, 0.05) is 11.4 Å². The topological polar surface area (TPSA) is 38.3 Å². The van der Waals surface area contributed by atoms with Crippen molar-refractivity contribution in [2.24, 2.45) is 0 Å². The third kappa shape index (κ3) is 5.64. The molecule has 2 aromatic rings. The molecule has 4 heteroatoms. The molecule has 0 heterocycles. The minimum Gasteiger partial charge on any atom is -0.496 e. The molecule has 0 saturated heterocycles. The normalized spacial score (nSPS) is 10.4. The highest BCUT2D eigenvalue weighted by Gasteiger charge is 2.06. The average molecular weight is 329 g/mol. The van der Waals surface area contributed by atoms with Crippen LogP contribution in [0.2, 0.25) is 0 Å². The van der Waals surface area contributed by atoms with Crippen molar-refractivity contribution in [3.8, 4) is 5.75 Å². The quantitative estimate of drug-likeness (QED) is 0.786. The van der Waals surface area contributed by atoms with E-state index < -0.39 is 0 Å². The summed E-state index contributed by atoms with van der Waals surface area (Å²) in [5.41, 5.74) is 3.55. The van der Waals surface area contributed by atoms with Gasteiger partial charge in [0.25, 0.3) is 0 Å². The van der Waals surface area contributed by atoms with Gasteiger partial charge in [-0.25, -0.2) is 0 Å². The van der Waals surface area contributed by atoms with Gasteiger partial charge in [-0.15, -0.1) is 11.8 Å². The van der Waals surface area contributed by atoms with Gasteiger partial charge in [0.05, 0.1) is 12.9 Å². The molecular weight excluding hydrogens is 306 g/mol. The number of aryl methyl sites for hydroxylation is 2. The van der Waals surface area contributed by atoms with Crippen LogP contribution in [0.5, 0.6) is 5.75 Å². The largest absolute Gasteiger partial charge is 0.496 e. The summed E-state index contributed by atoms with van der Waals surface area (Å²) in [6, 6.07) is 14.3. The highest BCUT2D eigenvalue weighted by molar-refractivity contribution is 8.00. The number of hydrogen-bond acceptors (Lipinski definition) is 3. The highest BCUT2D eigenvalue weighted by Crippen LogP contribution is 2.20. The Morgan fingerprint density at radius 1 is 1.09 bits per heavy atom. The number of rotatable bonds is 7. The number of thioether (sulfide) groups is 1. The van der Waals surface area contributed by atoms with Crippen LogP contribution >= 0.6 is 11.8 Å². The van der Waals surface area contributed by atoms with Crippen LogP contribution in [0.15, 0.2) is 47.4 Å². The second-order valence-electron chi connectivity index (χ2n) is 5.52. The Morgan fingerprint density at radius 2 is 1.78 bits per heavy atom. The van der Waals surface area contributed by atoms with E-state index in [2.05, 4.69) is 37.4 Å². The molecule has 0 atom stereocenters. The van der Waals surface area contributed by atoms with Gasteiger partial charge in [0.15, 0.2) is 0 Å². The van der Waals surface area contributed by atoms with Crippen molar-refractivity contribution in [3.05, 3.63) is 59.2 Å². The number of nitrogens with one attached hydrogen (secondary N) is 1. The zero-order valence-electron chi connectivity index (χ0n) is 13.9. The van der Waals surface area contributed by atoms with E-state index in [1.807, 2.05) is 24.3 Å². The molecule has 0 fully saturated rings. The van der Waals surface area contributed by atoms with Crippen LogP contribution in [0.4, 0.5) is 0 Å². The maximum atomic E-state index is 11.9. The molecule has 23 heavy (non-hydrogen) atoms. The molecule has 1 N–H and O–H groups in total. The van der Waals surface area contributed by atoms with Gasteiger partial charge in [0.2, 0.25) is 5.91 Å². The molecule has 0 spiro atoms. The van der Waals surface area contributed by atoms with Crippen molar-refractivity contribution in [1.29, 1.82) is 0 Å². The summed E-state index contributed by atoms with van der Waals surface area (Å²) in [5, 5.41) is 2.97. The summed E-state index contributed by atoms with van der Waals surface area (Å²) in [4.78, 5) is 13.0. The van der Waals surface area contributed by atoms with Gasteiger partial charge in [0.1, 0.15) is 5.75 Å². The molecule has 0 aliphatic rings. The van der Waals surface area contributed by atoms with Gasteiger partial charge in [-0.3, -0.25) is 4.79 Å². The predicted molar refractivity (Wildman–Crippen MR) is 96.3 cm³/mol. The van der Waals surface area contributed by atoms with E-state index in [0.29, 0.717) is 12.3 Å². The number of ether oxygens (including phenoxy) is 1. The van der Waals surface area contributed by atoms with Crippen LogP contribution in [0.3, 0.4) is 0 Å². The highest BCUT2D eigenvalue weighted by atomic mass is 32.2. The first-order valence-corrected chi connectivity index (χ1v) is 8.66. The fourth-order valence-electron chi connectivity index (χ4n) is 2.27. The first-order valence-electron chi connectivity index (χ1n) is 7.68. The number of amides is 1. The summed E-state index contributed by atoms with van der Waals surface area (Å²) < 4.78 is 5.36. The van der Waals surface area contributed by atoms with E-state index in [1.165, 1.54) is 11.1 Å². The lowest BCUT2D eigenvalue weighted by Crippen LogP contribution is -2.27. The SMILES string of the molecule is COc1ccc(C)cc1CCNC(=O)CSc1ccc(C)cc1. The number of carbonyl (C=O) groups is 1. The van der Waals surface area contributed by atoms with Crippen molar-refractivity contribution in [1.82, 2.24) is 5.32 Å². The van der Waals surface area contributed by atoms with E-state index >= 15 is 0 Å². The zero-order chi connectivity index (χ0) is 16.7. The fraction of sp³-hybridized carbons (Fsp3) is 0.316. The monoisotopic (exact) mass is 329 g/mol. The molecule has 0 radical (unpaired) electrons. The second kappa shape index (κ2) is 8.63. The first kappa shape index (κ1) is 17.4. The summed E-state index contributed by atoms with van der Waals surface area (Å²) >= 11 is 1.56. The third-order valence-electron chi connectivity index (χ3n) is 3.54. The van der Waals surface area contributed by atoms with Gasteiger partial charge < -0.3 is 10.1 Å². The van der Waals surface area contributed by atoms with Gasteiger partial charge in [-0.05, 0) is 44.0 Å². The predicted octanol–water partition coefficient (Wildman–Crippen LogP) is 3.76. The first-order chi connectivity index (χ1) is 11.1. The van der Waals surface area contributed by atoms with E-state index in [4.69, 9.17) is 4.74 Å². The van der Waals surface area contributed by atoms with Crippen molar-refractivity contribution in [2.75, 3.05) is 19.4 Å². The molecule has 0 saturated carbocycles. The summed E-state index contributed by atoms with van der Waals surface area (Å²) in [6.45, 7) is 4.73. The Balaban J connectivity index is 1.76. The van der Waals surface area contributed by atoms with Crippen LogP contribution in [0, 0.1) is 13.8 Å². The average Bonchev–Trinajstić information content (AvgIpc) is 2.54. The molecule has 3 nitrogen and oxygen atoms in total. The van der Waals surface area contributed by atoms with Crippen LogP contribution in [-0.2, 0) is 11.2 Å². The molecule has 2 rings (SSSR count). The van der Waals surface area contributed by atoms with Crippen molar-refractivity contribution >= 4 is 17.7 Å². The van der Waals surface area contributed by atoms with Gasteiger partial charge in [-0.2, -0.15) is 0 Å². The Hall–Kier alpha value is -1.94. The summed E-state index contributed by atoms with van der Waals surface area (Å²) in [7, 11) is 1.67. The Bertz CT molecular complexity index is 653. The maximum Gasteiger partial charge on any atom is 0.230 e. The number of carbonyl (C=O) groups excluding carboxylic acids is 1. The summed E-state index contributed by atoms with van der Waals surface area (Å²) in [6.07, 6.45) is 0.770. The number of benzene rings is 2. The lowest BCUT2D eigenvalue weighted by atomic mass is 10.1. The molecule has 1 amide bonds. The van der Waals surface area contributed by atoms with Crippen molar-refractivity contribution in [3.63, 3.8) is 0 Å². The molecule has 122 valence electrons. The molecule has 2 aromatic carbocycles. The minimum absolute atomic E-state index is 0.0576. The smallest absolute Gasteiger partial charge is 0.230 e. The van der Waals surface area contributed by atoms with Crippen molar-refractivity contribution in [2.45, 2.75) is 25.2 Å². The standard InChI is InChI=1S/C19H23NO2S/c1-14-4-7-17(8-5-14)23-13-19(21)20-11-10-16-12-15(2)6-9-18(16)22-3/h4-9,12H,10-11,13H2,1-3H3,(H,20,21). The molecule has 0 unspecified atom stereocenters. The molecule has 0 aliphatic heterocycles. The molecule has 0 aromatic heterocycles. The Labute approximate surface area is 142 Å². The Morgan fingerprint density at radius 3 is 2.48 bits per heavy atom. The second-order valence-corrected chi connectivity index (χ2v) is 6.57. The molecule has 0 aliphatic carbocycles. The van der Waals surface area contributed by atoms with Crippen LogP contribution in [-0.4, -0.2) is 25.3 Å². The lowest BCUT2D eigenvalue weighted by molar-refractivity contribution is -0.118. The lowest BCUT2D eigenvalue weighted by Gasteiger charge is -2.10. The number of hydrogen-bond donors (Lipinski definition) is 1.